The van der Waals surface area contributed by atoms with Crippen LogP contribution < -0.4 is 5.32 Å². The predicted molar refractivity (Wildman–Crippen MR) is 213 cm³/mol. The first kappa shape index (κ1) is 47.3. The maximum atomic E-state index is 12.3. The molecule has 0 radical (unpaired) electrons. The number of amides is 1. The molecule has 3 unspecified atom stereocenters. The summed E-state index contributed by atoms with van der Waals surface area (Å²) in [6, 6.07) is -0.863. The summed E-state index contributed by atoms with van der Waals surface area (Å²) in [7, 11) is 0. The van der Waals surface area contributed by atoms with Gasteiger partial charge in [0.1, 0.15) is 6.10 Å². The van der Waals surface area contributed by atoms with Gasteiger partial charge >= 0.3 is 0 Å². The number of carbonyl (C=O) groups excluding carboxylic acids is 1. The Morgan fingerprint density at radius 3 is 1.37 bits per heavy atom. The van der Waals surface area contributed by atoms with Crippen LogP contribution in [0.5, 0.6) is 0 Å². The Morgan fingerprint density at radius 1 is 0.510 bits per heavy atom. The number of rotatable bonds is 37. The molecule has 5 nitrogen and oxygen atoms in total. The number of nitrogens with one attached hydrogen (secondary N) is 1. The van der Waals surface area contributed by atoms with Crippen LogP contribution in [-0.4, -0.2) is 46.1 Å². The molecule has 0 aromatic heterocycles. The average Bonchev–Trinajstić information content (AvgIpc) is 3.10. The van der Waals surface area contributed by atoms with Crippen molar-refractivity contribution >= 4 is 5.91 Å². The molecule has 4 N–H and O–H groups in total. The quantitative estimate of drug-likeness (QED) is 0.0386. The van der Waals surface area contributed by atoms with E-state index in [1.165, 1.54) is 128 Å². The van der Waals surface area contributed by atoms with Gasteiger partial charge in [-0.25, -0.2) is 0 Å². The summed E-state index contributed by atoms with van der Waals surface area (Å²) >= 11 is 0. The van der Waals surface area contributed by atoms with Crippen LogP contribution in [0.2, 0.25) is 0 Å². The molecule has 0 rings (SSSR count). The molecule has 49 heavy (non-hydrogen) atoms. The summed E-state index contributed by atoms with van der Waals surface area (Å²) in [6.45, 7) is 4.12. The second-order valence-electron chi connectivity index (χ2n) is 14.2. The number of aliphatic hydroxyl groups excluding tert-OH is 3. The maximum absolute atomic E-state index is 12.3. The molecule has 0 aliphatic carbocycles. The lowest BCUT2D eigenvalue weighted by molar-refractivity contribution is -0.124. The summed E-state index contributed by atoms with van der Waals surface area (Å²) in [5.74, 6) is -0.227. The van der Waals surface area contributed by atoms with Crippen molar-refractivity contribution in [3.63, 3.8) is 0 Å². The Kier molecular flexibility index (Phi) is 37.8. The molecular formula is C44H81NO4. The van der Waals surface area contributed by atoms with Crippen molar-refractivity contribution in [1.82, 2.24) is 5.32 Å². The fourth-order valence-corrected chi connectivity index (χ4v) is 6.11. The minimum Gasteiger partial charge on any atom is -0.394 e. The zero-order valence-electron chi connectivity index (χ0n) is 32.3. The van der Waals surface area contributed by atoms with Crippen LogP contribution in [0.4, 0.5) is 0 Å². The van der Waals surface area contributed by atoms with Crippen LogP contribution in [-0.2, 0) is 4.79 Å². The van der Waals surface area contributed by atoms with E-state index in [1.807, 2.05) is 6.08 Å². The van der Waals surface area contributed by atoms with Gasteiger partial charge in [-0.15, -0.1) is 0 Å². The lowest BCUT2D eigenvalue weighted by atomic mass is 10.0. The molecule has 0 saturated carbocycles. The lowest BCUT2D eigenvalue weighted by Crippen LogP contribution is -2.50. The van der Waals surface area contributed by atoms with E-state index in [0.29, 0.717) is 12.8 Å². The van der Waals surface area contributed by atoms with Crippen molar-refractivity contribution < 1.29 is 20.1 Å². The van der Waals surface area contributed by atoms with E-state index in [2.05, 4.69) is 61.7 Å². The SMILES string of the molecule is CCCCCCCC/C=C\C/C=C\CCC(=O)NC(CO)C(O)C(O)CCC/C=C/CC/C=C/CCCCCCCCCCCCCCC. The molecule has 0 fully saturated rings. The zero-order valence-corrected chi connectivity index (χ0v) is 32.3. The first-order valence-electron chi connectivity index (χ1n) is 20.9. The fraction of sp³-hybridized carbons (Fsp3) is 0.795. The van der Waals surface area contributed by atoms with Crippen molar-refractivity contribution in [1.29, 1.82) is 0 Å². The normalized spacial score (nSPS) is 14.1. The highest BCUT2D eigenvalue weighted by atomic mass is 16.3. The van der Waals surface area contributed by atoms with Crippen LogP contribution in [0.3, 0.4) is 0 Å². The second-order valence-corrected chi connectivity index (χ2v) is 14.2. The van der Waals surface area contributed by atoms with Crippen molar-refractivity contribution in [3.8, 4) is 0 Å². The van der Waals surface area contributed by atoms with Crippen LogP contribution in [0.25, 0.3) is 0 Å². The fourth-order valence-electron chi connectivity index (χ4n) is 6.11. The third kappa shape index (κ3) is 34.5. The van der Waals surface area contributed by atoms with Gasteiger partial charge in [-0.3, -0.25) is 4.79 Å². The molecule has 0 aliphatic heterocycles. The van der Waals surface area contributed by atoms with Gasteiger partial charge in [0.25, 0.3) is 0 Å². The van der Waals surface area contributed by atoms with Gasteiger partial charge in [0.2, 0.25) is 5.91 Å². The molecule has 0 saturated heterocycles. The van der Waals surface area contributed by atoms with Gasteiger partial charge in [-0.2, -0.15) is 0 Å². The molecule has 1 amide bonds. The van der Waals surface area contributed by atoms with Crippen LogP contribution in [0.1, 0.15) is 200 Å². The summed E-state index contributed by atoms with van der Waals surface area (Å²) in [4.78, 5) is 12.3. The molecule has 5 heteroatoms. The summed E-state index contributed by atoms with van der Waals surface area (Å²) in [5, 5.41) is 33.3. The van der Waals surface area contributed by atoms with Gasteiger partial charge in [-0.05, 0) is 70.6 Å². The van der Waals surface area contributed by atoms with Crippen molar-refractivity contribution in [2.75, 3.05) is 6.61 Å². The Balaban J connectivity index is 3.77. The Hall–Kier alpha value is -1.69. The largest absolute Gasteiger partial charge is 0.394 e. The molecular weight excluding hydrogens is 606 g/mol. The van der Waals surface area contributed by atoms with Gasteiger partial charge in [0.15, 0.2) is 0 Å². The van der Waals surface area contributed by atoms with Crippen LogP contribution in [0, 0.1) is 0 Å². The van der Waals surface area contributed by atoms with Gasteiger partial charge in [0.05, 0.1) is 18.8 Å². The third-order valence-corrected chi connectivity index (χ3v) is 9.40. The number of unbranched alkanes of at least 4 members (excludes halogenated alkanes) is 21. The molecule has 0 bridgehead atoms. The molecule has 0 spiro atoms. The number of hydrogen-bond acceptors (Lipinski definition) is 4. The third-order valence-electron chi connectivity index (χ3n) is 9.40. The number of carbonyl (C=O) groups is 1. The van der Waals surface area contributed by atoms with Crippen LogP contribution in [0.15, 0.2) is 48.6 Å². The Labute approximate surface area is 304 Å². The highest BCUT2D eigenvalue weighted by Crippen LogP contribution is 2.14. The molecule has 286 valence electrons. The minimum atomic E-state index is -1.19. The Bertz CT molecular complexity index is 805. The van der Waals surface area contributed by atoms with Crippen molar-refractivity contribution in [3.05, 3.63) is 48.6 Å². The van der Waals surface area contributed by atoms with E-state index in [-0.39, 0.29) is 12.3 Å². The highest BCUT2D eigenvalue weighted by Gasteiger charge is 2.26. The summed E-state index contributed by atoms with van der Waals surface area (Å²) in [5.41, 5.74) is 0. The average molecular weight is 688 g/mol. The highest BCUT2D eigenvalue weighted by molar-refractivity contribution is 5.76. The van der Waals surface area contributed by atoms with Gasteiger partial charge < -0.3 is 20.6 Å². The van der Waals surface area contributed by atoms with Crippen molar-refractivity contribution in [2.24, 2.45) is 0 Å². The van der Waals surface area contributed by atoms with E-state index in [0.717, 1.165) is 38.5 Å². The van der Waals surface area contributed by atoms with Crippen LogP contribution >= 0.6 is 0 Å². The van der Waals surface area contributed by atoms with E-state index in [9.17, 15) is 20.1 Å². The van der Waals surface area contributed by atoms with Crippen molar-refractivity contribution in [2.45, 2.75) is 218 Å². The number of allylic oxidation sites excluding steroid dienone is 8. The molecule has 0 aromatic rings. The van der Waals surface area contributed by atoms with E-state index < -0.39 is 24.9 Å². The molecule has 0 heterocycles. The number of aliphatic hydroxyl groups is 3. The van der Waals surface area contributed by atoms with Gasteiger partial charge in [0, 0.05) is 6.42 Å². The topological polar surface area (TPSA) is 89.8 Å². The lowest BCUT2D eigenvalue weighted by Gasteiger charge is -2.26. The van der Waals surface area contributed by atoms with E-state index >= 15 is 0 Å². The number of hydrogen-bond donors (Lipinski definition) is 4. The molecule has 3 atom stereocenters. The maximum Gasteiger partial charge on any atom is 0.220 e. The zero-order chi connectivity index (χ0) is 35.9. The smallest absolute Gasteiger partial charge is 0.220 e. The minimum absolute atomic E-state index is 0.227. The first-order chi connectivity index (χ1) is 24.1. The first-order valence-corrected chi connectivity index (χ1v) is 20.9. The summed E-state index contributed by atoms with van der Waals surface area (Å²) in [6.07, 6.45) is 49.5. The standard InChI is InChI=1S/C44H81NO4/c1-3-5-7-9-11-13-15-17-18-19-20-21-22-23-24-25-27-28-30-32-34-36-38-42(47)44(49)41(40-46)45-43(48)39-37-35-33-31-29-26-16-14-12-10-8-6-4-2/h24-26,29-30,32-33,35,41-42,44,46-47,49H,3-23,27-28,31,34,36-40H2,1-2H3,(H,45,48)/b25-24+,29-26-,32-30+,35-33-. The molecule has 0 aliphatic rings. The summed E-state index contributed by atoms with van der Waals surface area (Å²) < 4.78 is 0. The van der Waals surface area contributed by atoms with E-state index in [1.54, 1.807) is 0 Å². The van der Waals surface area contributed by atoms with E-state index in [4.69, 9.17) is 0 Å². The predicted octanol–water partition coefficient (Wildman–Crippen LogP) is 11.8. The Morgan fingerprint density at radius 2 is 0.898 bits per heavy atom. The monoisotopic (exact) mass is 688 g/mol. The van der Waals surface area contributed by atoms with Gasteiger partial charge in [-0.1, -0.05) is 172 Å². The molecule has 0 aromatic carbocycles. The second kappa shape index (κ2) is 39.1.